The Bertz CT molecular complexity index is 904. The fourth-order valence-corrected chi connectivity index (χ4v) is 7.38. The first-order valence-electron chi connectivity index (χ1n) is 23.5. The van der Waals surface area contributed by atoms with Crippen molar-refractivity contribution in [3.63, 3.8) is 0 Å². The number of phosphoric ester groups is 1. The van der Waals surface area contributed by atoms with Crippen molar-refractivity contribution in [2.45, 2.75) is 258 Å². The summed E-state index contributed by atoms with van der Waals surface area (Å²) in [5, 5.41) is 0. The number of unbranched alkanes of at least 4 members (excludes halogenated alkanes) is 32. The van der Waals surface area contributed by atoms with Gasteiger partial charge in [0.1, 0.15) is 6.61 Å². The number of hydrogen-bond acceptors (Lipinski definition) is 6. The van der Waals surface area contributed by atoms with Crippen LogP contribution in [0.4, 0.5) is 0 Å². The van der Waals surface area contributed by atoms with Gasteiger partial charge < -0.3 is 19.3 Å². The molecule has 0 bridgehead atoms. The summed E-state index contributed by atoms with van der Waals surface area (Å²) in [7, 11) is -4.75. The van der Waals surface area contributed by atoms with Crippen molar-refractivity contribution >= 4 is 19.8 Å². The number of allylic oxidation sites excluding steroid dienone is 2. The SMILES string of the molecule is CCCCCCCCCC/C=C\CCCCCCCCCC(=O)OC[C@H](COP(=O)(O)O)OC(=O)CCCCCCCCCCCCCCCCCCCC. The molecular weight excluding hydrogens is 711 g/mol. The van der Waals surface area contributed by atoms with Gasteiger partial charge in [-0.1, -0.05) is 212 Å². The van der Waals surface area contributed by atoms with Crippen LogP contribution in [0.25, 0.3) is 0 Å². The van der Waals surface area contributed by atoms with Crippen LogP contribution in [0, 0.1) is 0 Å². The molecule has 55 heavy (non-hydrogen) atoms. The molecule has 2 N–H and O–H groups in total. The number of hydrogen-bond donors (Lipinski definition) is 2. The summed E-state index contributed by atoms with van der Waals surface area (Å²) in [5.41, 5.74) is 0. The maximum Gasteiger partial charge on any atom is 0.469 e. The summed E-state index contributed by atoms with van der Waals surface area (Å²) in [4.78, 5) is 43.0. The van der Waals surface area contributed by atoms with Crippen molar-refractivity contribution in [3.8, 4) is 0 Å². The van der Waals surface area contributed by atoms with E-state index in [0.29, 0.717) is 6.42 Å². The molecule has 0 aromatic rings. The second kappa shape index (κ2) is 42.4. The minimum Gasteiger partial charge on any atom is -0.462 e. The normalized spacial score (nSPS) is 12.4. The maximum atomic E-state index is 12.4. The van der Waals surface area contributed by atoms with Crippen molar-refractivity contribution in [2.75, 3.05) is 13.2 Å². The van der Waals surface area contributed by atoms with Gasteiger partial charge in [0.15, 0.2) is 6.10 Å². The van der Waals surface area contributed by atoms with E-state index in [1.807, 2.05) is 0 Å². The van der Waals surface area contributed by atoms with Gasteiger partial charge >= 0.3 is 19.8 Å². The quantitative estimate of drug-likeness (QED) is 0.0271. The Balaban J connectivity index is 3.83. The first kappa shape index (κ1) is 53.8. The Morgan fingerprint density at radius 1 is 0.455 bits per heavy atom. The van der Waals surface area contributed by atoms with E-state index >= 15 is 0 Å². The molecule has 0 aromatic heterocycles. The molecule has 8 nitrogen and oxygen atoms in total. The number of esters is 2. The summed E-state index contributed by atoms with van der Waals surface area (Å²) in [6.45, 7) is 3.72. The minimum absolute atomic E-state index is 0.217. The average molecular weight is 801 g/mol. The van der Waals surface area contributed by atoms with E-state index in [2.05, 4.69) is 30.5 Å². The molecule has 326 valence electrons. The van der Waals surface area contributed by atoms with Crippen molar-refractivity contribution < 1.29 is 37.9 Å². The molecule has 0 spiro atoms. The molecule has 0 heterocycles. The smallest absolute Gasteiger partial charge is 0.462 e. The number of carbonyl (C=O) groups is 2. The van der Waals surface area contributed by atoms with Gasteiger partial charge in [-0.25, -0.2) is 4.57 Å². The monoisotopic (exact) mass is 801 g/mol. The van der Waals surface area contributed by atoms with E-state index in [-0.39, 0.29) is 19.4 Å². The average Bonchev–Trinajstić information content (AvgIpc) is 3.16. The van der Waals surface area contributed by atoms with Crippen LogP contribution in [0.2, 0.25) is 0 Å². The fourth-order valence-electron chi connectivity index (χ4n) is 7.02. The zero-order valence-electron chi connectivity index (χ0n) is 36.1. The molecule has 0 amide bonds. The van der Waals surface area contributed by atoms with E-state index in [9.17, 15) is 14.2 Å². The third-order valence-electron chi connectivity index (χ3n) is 10.5. The number of rotatable bonds is 44. The largest absolute Gasteiger partial charge is 0.469 e. The standard InChI is InChI=1S/C46H89O8P/c1-3-5-7-9-11-13-15-17-19-21-23-25-26-28-30-32-34-36-38-40-45(47)52-42-44(43-53-55(49,50)51)54-46(48)41-39-37-35-33-31-29-27-24-22-20-18-16-14-12-10-8-6-4-2/h21,23,44H,3-20,22,24-43H2,1-2H3,(H2,49,50,51)/b23-21-/t44-/m1/s1. The molecule has 0 radical (unpaired) electrons. The number of phosphoric acid groups is 1. The zero-order valence-corrected chi connectivity index (χ0v) is 37.0. The third-order valence-corrected chi connectivity index (χ3v) is 11.0. The lowest BCUT2D eigenvalue weighted by molar-refractivity contribution is -0.161. The molecule has 0 aliphatic rings. The first-order chi connectivity index (χ1) is 26.8. The van der Waals surface area contributed by atoms with Crippen molar-refractivity contribution in [2.24, 2.45) is 0 Å². The lowest BCUT2D eigenvalue weighted by atomic mass is 10.0. The highest BCUT2D eigenvalue weighted by atomic mass is 31.2. The van der Waals surface area contributed by atoms with Gasteiger partial charge in [0.2, 0.25) is 0 Å². The molecule has 0 unspecified atom stereocenters. The Morgan fingerprint density at radius 3 is 1.11 bits per heavy atom. The molecule has 0 rings (SSSR count). The Labute approximate surface area is 339 Å². The van der Waals surface area contributed by atoms with Crippen molar-refractivity contribution in [1.82, 2.24) is 0 Å². The molecule has 9 heteroatoms. The van der Waals surface area contributed by atoms with Gasteiger partial charge in [0, 0.05) is 12.8 Å². The van der Waals surface area contributed by atoms with Gasteiger partial charge in [-0.3, -0.25) is 14.1 Å². The number of carbonyl (C=O) groups excluding carboxylic acids is 2. The zero-order chi connectivity index (χ0) is 40.3. The van der Waals surface area contributed by atoms with Gasteiger partial charge in [0.05, 0.1) is 6.61 Å². The molecule has 0 aliphatic carbocycles. The summed E-state index contributed by atoms with van der Waals surface area (Å²) < 4.78 is 26.5. The highest BCUT2D eigenvalue weighted by Gasteiger charge is 2.23. The second-order valence-electron chi connectivity index (χ2n) is 16.1. The lowest BCUT2D eigenvalue weighted by Gasteiger charge is -2.18. The van der Waals surface area contributed by atoms with Crippen molar-refractivity contribution in [3.05, 3.63) is 12.2 Å². The van der Waals surface area contributed by atoms with Crippen LogP contribution in [0.5, 0.6) is 0 Å². The maximum absolute atomic E-state index is 12.4. The van der Waals surface area contributed by atoms with E-state index in [1.165, 1.54) is 173 Å². The van der Waals surface area contributed by atoms with Crippen LogP contribution in [0.3, 0.4) is 0 Å². The summed E-state index contributed by atoms with van der Waals surface area (Å²) >= 11 is 0. The summed E-state index contributed by atoms with van der Waals surface area (Å²) in [6, 6.07) is 0. The predicted molar refractivity (Wildman–Crippen MR) is 230 cm³/mol. The molecule has 0 saturated carbocycles. The Hall–Kier alpha value is -1.21. The van der Waals surface area contributed by atoms with Crippen LogP contribution < -0.4 is 0 Å². The predicted octanol–water partition coefficient (Wildman–Crippen LogP) is 14.6. The Morgan fingerprint density at radius 2 is 0.764 bits per heavy atom. The highest BCUT2D eigenvalue weighted by molar-refractivity contribution is 7.46. The van der Waals surface area contributed by atoms with E-state index in [0.717, 1.165) is 44.9 Å². The van der Waals surface area contributed by atoms with Gasteiger partial charge in [-0.15, -0.1) is 0 Å². The van der Waals surface area contributed by atoms with Crippen LogP contribution >= 0.6 is 7.82 Å². The van der Waals surface area contributed by atoms with Gasteiger partial charge in [-0.2, -0.15) is 0 Å². The molecular formula is C46H89O8P. The van der Waals surface area contributed by atoms with E-state index < -0.39 is 32.5 Å². The van der Waals surface area contributed by atoms with Gasteiger partial charge in [-0.05, 0) is 38.5 Å². The third kappa shape index (κ3) is 45.4. The second-order valence-corrected chi connectivity index (χ2v) is 17.3. The molecule has 0 aliphatic heterocycles. The minimum atomic E-state index is -4.75. The molecule has 0 saturated heterocycles. The topological polar surface area (TPSA) is 119 Å². The van der Waals surface area contributed by atoms with Crippen molar-refractivity contribution in [1.29, 1.82) is 0 Å². The molecule has 0 aromatic carbocycles. The molecule has 1 atom stereocenters. The highest BCUT2D eigenvalue weighted by Crippen LogP contribution is 2.36. The first-order valence-corrected chi connectivity index (χ1v) is 25.0. The summed E-state index contributed by atoms with van der Waals surface area (Å²) in [5.74, 6) is -0.874. The van der Waals surface area contributed by atoms with E-state index in [4.69, 9.17) is 19.3 Å². The lowest BCUT2D eigenvalue weighted by Crippen LogP contribution is -2.29. The van der Waals surface area contributed by atoms with Gasteiger partial charge in [0.25, 0.3) is 0 Å². The fraction of sp³-hybridized carbons (Fsp3) is 0.913. The van der Waals surface area contributed by atoms with Crippen LogP contribution in [0.1, 0.15) is 251 Å². The summed E-state index contributed by atoms with van der Waals surface area (Å²) in [6.07, 6.45) is 47.9. The number of ether oxygens (including phenoxy) is 2. The Kier molecular flexibility index (Phi) is 41.5. The van der Waals surface area contributed by atoms with Crippen LogP contribution in [-0.4, -0.2) is 41.0 Å². The van der Waals surface area contributed by atoms with Crippen LogP contribution in [0.15, 0.2) is 12.2 Å². The van der Waals surface area contributed by atoms with E-state index in [1.54, 1.807) is 0 Å². The molecule has 0 fully saturated rings. The van der Waals surface area contributed by atoms with Crippen LogP contribution in [-0.2, 0) is 28.2 Å².